The first kappa shape index (κ1) is 6.26. The summed E-state index contributed by atoms with van der Waals surface area (Å²) in [6.45, 7) is 4.76. The zero-order valence-electron chi connectivity index (χ0n) is 5.76. The van der Waals surface area contributed by atoms with Crippen LogP contribution in [0.25, 0.3) is 0 Å². The van der Waals surface area contributed by atoms with E-state index in [1.54, 1.807) is 6.21 Å². The molecule has 1 N–H and O–H groups in total. The number of hydrogen-bond acceptors (Lipinski definition) is 3. The van der Waals surface area contributed by atoms with Gasteiger partial charge in [-0.3, -0.25) is 4.99 Å². The standard InChI is InChI=1S/C6H11N3/c1-6(2)5-9-8-4-3-7-6/h3,5,8H,4H2,1-2H3. The lowest BCUT2D eigenvalue weighted by Crippen LogP contribution is -2.17. The first-order valence-electron chi connectivity index (χ1n) is 3.01. The molecule has 1 rings (SSSR count). The van der Waals surface area contributed by atoms with E-state index in [1.165, 1.54) is 0 Å². The summed E-state index contributed by atoms with van der Waals surface area (Å²) in [5.74, 6) is 0. The Labute approximate surface area is 54.9 Å². The number of aliphatic imine (C=N–C) groups is 1. The third-order valence-corrected chi connectivity index (χ3v) is 1.08. The first-order valence-corrected chi connectivity index (χ1v) is 3.01. The summed E-state index contributed by atoms with van der Waals surface area (Å²) in [5.41, 5.74) is 2.70. The van der Waals surface area contributed by atoms with Crippen molar-refractivity contribution in [2.45, 2.75) is 19.4 Å². The quantitative estimate of drug-likeness (QED) is 0.500. The Kier molecular flexibility index (Phi) is 1.51. The third-order valence-electron chi connectivity index (χ3n) is 1.08. The van der Waals surface area contributed by atoms with E-state index >= 15 is 0 Å². The molecule has 1 heterocycles. The van der Waals surface area contributed by atoms with Crippen molar-refractivity contribution in [1.82, 2.24) is 5.43 Å². The lowest BCUT2D eigenvalue weighted by molar-refractivity contribution is 0.720. The molecule has 0 amide bonds. The summed E-state index contributed by atoms with van der Waals surface area (Å²) in [7, 11) is 0. The molecule has 0 spiro atoms. The van der Waals surface area contributed by atoms with Crippen molar-refractivity contribution in [3.05, 3.63) is 0 Å². The summed E-state index contributed by atoms with van der Waals surface area (Å²) in [6, 6.07) is 0. The Morgan fingerprint density at radius 2 is 2.33 bits per heavy atom. The maximum atomic E-state index is 4.22. The Bertz CT molecular complexity index is 130. The molecular weight excluding hydrogens is 114 g/mol. The monoisotopic (exact) mass is 125 g/mol. The molecule has 0 aromatic heterocycles. The maximum absolute atomic E-state index is 4.22. The Balaban J connectivity index is 2.70. The van der Waals surface area contributed by atoms with E-state index in [9.17, 15) is 0 Å². The molecule has 0 unspecified atom stereocenters. The Morgan fingerprint density at radius 1 is 1.56 bits per heavy atom. The average Bonchev–Trinajstić information content (AvgIpc) is 1.92. The number of nitrogens with one attached hydrogen (secondary N) is 1. The number of hydrogen-bond donors (Lipinski definition) is 1. The molecule has 1 aliphatic heterocycles. The zero-order valence-corrected chi connectivity index (χ0v) is 5.76. The van der Waals surface area contributed by atoms with Gasteiger partial charge in [-0.2, -0.15) is 5.10 Å². The van der Waals surface area contributed by atoms with Crippen molar-refractivity contribution in [3.8, 4) is 0 Å². The van der Waals surface area contributed by atoms with E-state index in [2.05, 4.69) is 15.5 Å². The van der Waals surface area contributed by atoms with E-state index in [-0.39, 0.29) is 5.54 Å². The van der Waals surface area contributed by atoms with Gasteiger partial charge in [-0.05, 0) is 13.8 Å². The minimum Gasteiger partial charge on any atom is -0.305 e. The highest BCUT2D eigenvalue weighted by atomic mass is 15.3. The molecule has 0 radical (unpaired) electrons. The van der Waals surface area contributed by atoms with Crippen LogP contribution in [0.1, 0.15) is 13.8 Å². The van der Waals surface area contributed by atoms with Crippen molar-refractivity contribution >= 4 is 12.4 Å². The van der Waals surface area contributed by atoms with Crippen molar-refractivity contribution in [1.29, 1.82) is 0 Å². The van der Waals surface area contributed by atoms with Gasteiger partial charge < -0.3 is 5.43 Å². The van der Waals surface area contributed by atoms with E-state index in [4.69, 9.17) is 0 Å². The predicted molar refractivity (Wildman–Crippen MR) is 39.1 cm³/mol. The molecule has 0 bridgehead atoms. The van der Waals surface area contributed by atoms with Crippen LogP contribution in [0.2, 0.25) is 0 Å². The van der Waals surface area contributed by atoms with Crippen LogP contribution in [0.3, 0.4) is 0 Å². The third kappa shape index (κ3) is 1.83. The van der Waals surface area contributed by atoms with Gasteiger partial charge in [0, 0.05) is 6.21 Å². The van der Waals surface area contributed by atoms with Crippen LogP contribution in [0.5, 0.6) is 0 Å². The molecular formula is C6H11N3. The molecule has 1 aliphatic rings. The fraction of sp³-hybridized carbons (Fsp3) is 0.667. The Hall–Kier alpha value is -0.860. The molecule has 0 aromatic rings. The molecule has 0 aliphatic carbocycles. The van der Waals surface area contributed by atoms with Gasteiger partial charge in [0.25, 0.3) is 0 Å². The van der Waals surface area contributed by atoms with E-state index in [1.807, 2.05) is 20.1 Å². The second-order valence-corrected chi connectivity index (χ2v) is 2.59. The normalized spacial score (nSPS) is 22.9. The van der Waals surface area contributed by atoms with Crippen molar-refractivity contribution in [3.63, 3.8) is 0 Å². The van der Waals surface area contributed by atoms with E-state index in [0.717, 1.165) is 6.54 Å². The molecule has 0 saturated heterocycles. The molecule has 0 saturated carbocycles. The van der Waals surface area contributed by atoms with E-state index < -0.39 is 0 Å². The van der Waals surface area contributed by atoms with Crippen molar-refractivity contribution in [2.75, 3.05) is 6.54 Å². The van der Waals surface area contributed by atoms with Crippen molar-refractivity contribution < 1.29 is 0 Å². The predicted octanol–water partition coefficient (Wildman–Crippen LogP) is 0.425. The maximum Gasteiger partial charge on any atom is 0.0915 e. The van der Waals surface area contributed by atoms with Gasteiger partial charge in [0.15, 0.2) is 0 Å². The summed E-state index contributed by atoms with van der Waals surface area (Å²) in [4.78, 5) is 4.22. The van der Waals surface area contributed by atoms with Crippen LogP contribution in [0.15, 0.2) is 10.1 Å². The van der Waals surface area contributed by atoms with Gasteiger partial charge in [-0.25, -0.2) is 0 Å². The summed E-state index contributed by atoms with van der Waals surface area (Å²) >= 11 is 0. The largest absolute Gasteiger partial charge is 0.305 e. The average molecular weight is 125 g/mol. The SMILES string of the molecule is CC1(C)C=NNCC=N1. The fourth-order valence-corrected chi connectivity index (χ4v) is 0.611. The van der Waals surface area contributed by atoms with Crippen molar-refractivity contribution in [2.24, 2.45) is 10.1 Å². The minimum atomic E-state index is -0.122. The van der Waals surface area contributed by atoms with Crippen LogP contribution < -0.4 is 5.43 Å². The highest BCUT2D eigenvalue weighted by molar-refractivity contribution is 5.74. The van der Waals surface area contributed by atoms with Gasteiger partial charge in [0.1, 0.15) is 0 Å². The lowest BCUT2D eigenvalue weighted by Gasteiger charge is -2.09. The minimum absolute atomic E-state index is 0.122. The fourth-order valence-electron chi connectivity index (χ4n) is 0.611. The smallest absolute Gasteiger partial charge is 0.0915 e. The van der Waals surface area contributed by atoms with Gasteiger partial charge >= 0.3 is 0 Å². The molecule has 50 valence electrons. The number of rotatable bonds is 0. The number of nitrogens with zero attached hydrogens (tertiary/aromatic N) is 2. The summed E-state index contributed by atoms with van der Waals surface area (Å²) < 4.78 is 0. The molecule has 3 nitrogen and oxygen atoms in total. The summed E-state index contributed by atoms with van der Waals surface area (Å²) in [5, 5.41) is 3.92. The molecule has 9 heavy (non-hydrogen) atoms. The van der Waals surface area contributed by atoms with Crippen LogP contribution in [0, 0.1) is 0 Å². The number of hydrazone groups is 1. The van der Waals surface area contributed by atoms with Crippen LogP contribution in [-0.4, -0.2) is 24.5 Å². The lowest BCUT2D eigenvalue weighted by atomic mass is 10.1. The van der Waals surface area contributed by atoms with Crippen LogP contribution in [0.4, 0.5) is 0 Å². The second-order valence-electron chi connectivity index (χ2n) is 2.59. The van der Waals surface area contributed by atoms with Gasteiger partial charge in [-0.15, -0.1) is 0 Å². The van der Waals surface area contributed by atoms with Gasteiger partial charge in [-0.1, -0.05) is 0 Å². The highest BCUT2D eigenvalue weighted by Gasteiger charge is 2.11. The van der Waals surface area contributed by atoms with Gasteiger partial charge in [0.2, 0.25) is 0 Å². The van der Waals surface area contributed by atoms with Crippen LogP contribution >= 0.6 is 0 Å². The molecule has 3 heteroatoms. The highest BCUT2D eigenvalue weighted by Crippen LogP contribution is 2.04. The van der Waals surface area contributed by atoms with Gasteiger partial charge in [0.05, 0.1) is 18.3 Å². The molecule has 0 fully saturated rings. The molecule has 0 aromatic carbocycles. The van der Waals surface area contributed by atoms with E-state index in [0.29, 0.717) is 0 Å². The summed E-state index contributed by atoms with van der Waals surface area (Å²) in [6.07, 6.45) is 3.64. The topological polar surface area (TPSA) is 36.8 Å². The zero-order chi connectivity index (χ0) is 6.74. The molecule has 0 atom stereocenters. The first-order chi connectivity index (χ1) is 4.21. The Morgan fingerprint density at radius 3 is 3.11 bits per heavy atom. The van der Waals surface area contributed by atoms with Crippen LogP contribution in [-0.2, 0) is 0 Å². The second kappa shape index (κ2) is 2.17.